The summed E-state index contributed by atoms with van der Waals surface area (Å²) in [5.41, 5.74) is 4.34. The van der Waals surface area contributed by atoms with E-state index < -0.39 is 0 Å². The molecule has 0 unspecified atom stereocenters. The lowest BCUT2D eigenvalue weighted by Gasteiger charge is -2.35. The summed E-state index contributed by atoms with van der Waals surface area (Å²) in [6, 6.07) is 16.1. The molecule has 5 heteroatoms. The fourth-order valence-corrected chi connectivity index (χ4v) is 3.73. The Bertz CT molecular complexity index is 842. The minimum atomic E-state index is -0.00354. The lowest BCUT2D eigenvalue weighted by molar-refractivity contribution is -0.133. The molecule has 1 aliphatic heterocycles. The van der Waals surface area contributed by atoms with Gasteiger partial charge < -0.3 is 10.2 Å². The Labute approximate surface area is 173 Å². The summed E-state index contributed by atoms with van der Waals surface area (Å²) < 4.78 is 0. The molecule has 1 saturated heterocycles. The van der Waals surface area contributed by atoms with Crippen molar-refractivity contribution < 1.29 is 9.59 Å². The first kappa shape index (κ1) is 21.1. The van der Waals surface area contributed by atoms with Crippen molar-refractivity contribution in [3.63, 3.8) is 0 Å². The number of carbonyl (C=O) groups excluding carboxylic acids is 2. The summed E-state index contributed by atoms with van der Waals surface area (Å²) >= 11 is 0. The Hall–Kier alpha value is -2.66. The zero-order valence-electron chi connectivity index (χ0n) is 17.6. The summed E-state index contributed by atoms with van der Waals surface area (Å²) in [4.78, 5) is 29.1. The molecule has 1 heterocycles. The number of hydrogen-bond acceptors (Lipinski definition) is 3. The highest BCUT2D eigenvalue weighted by molar-refractivity contribution is 5.93. The molecule has 29 heavy (non-hydrogen) atoms. The van der Waals surface area contributed by atoms with Gasteiger partial charge in [-0.2, -0.15) is 0 Å². The van der Waals surface area contributed by atoms with Crippen molar-refractivity contribution in [2.75, 3.05) is 38.0 Å². The minimum absolute atomic E-state index is 0.00354. The standard InChI is InChI=1S/C24H31N3O2/c1-18-8-7-11-22(20(18)3)25-23(28)17-26-12-14-27(15-13-26)24(29)16-19(2)21-9-5-4-6-10-21/h4-11,19H,12-17H2,1-3H3,(H,25,28)/t19-/m1/s1. The van der Waals surface area contributed by atoms with Crippen molar-refractivity contribution in [2.45, 2.75) is 33.1 Å². The SMILES string of the molecule is Cc1cccc(NC(=O)CN2CCN(C(=O)C[C@@H](C)c3ccccc3)CC2)c1C. The zero-order chi connectivity index (χ0) is 20.8. The highest BCUT2D eigenvalue weighted by Crippen LogP contribution is 2.20. The fourth-order valence-electron chi connectivity index (χ4n) is 3.73. The number of carbonyl (C=O) groups is 2. The number of nitrogens with one attached hydrogen (secondary N) is 1. The van der Waals surface area contributed by atoms with Crippen molar-refractivity contribution in [3.8, 4) is 0 Å². The quantitative estimate of drug-likeness (QED) is 0.816. The normalized spacial score (nSPS) is 15.8. The first-order valence-corrected chi connectivity index (χ1v) is 10.3. The van der Waals surface area contributed by atoms with Gasteiger partial charge in [0.05, 0.1) is 6.54 Å². The average Bonchev–Trinajstić information content (AvgIpc) is 2.72. The van der Waals surface area contributed by atoms with Gasteiger partial charge in [0.2, 0.25) is 11.8 Å². The van der Waals surface area contributed by atoms with Gasteiger partial charge in [-0.15, -0.1) is 0 Å². The van der Waals surface area contributed by atoms with Crippen LogP contribution in [0.2, 0.25) is 0 Å². The molecule has 0 aromatic heterocycles. The molecular formula is C24H31N3O2. The van der Waals surface area contributed by atoms with E-state index in [0.29, 0.717) is 26.1 Å². The molecule has 0 spiro atoms. The summed E-state index contributed by atoms with van der Waals surface area (Å²) in [7, 11) is 0. The highest BCUT2D eigenvalue weighted by Gasteiger charge is 2.24. The molecule has 1 fully saturated rings. The average molecular weight is 394 g/mol. The number of rotatable bonds is 6. The molecule has 154 valence electrons. The predicted octanol–water partition coefficient (Wildman–Crippen LogP) is 3.58. The second-order valence-corrected chi connectivity index (χ2v) is 7.97. The molecule has 2 amide bonds. The maximum absolute atomic E-state index is 12.6. The number of benzene rings is 2. The van der Waals surface area contributed by atoms with Gasteiger partial charge >= 0.3 is 0 Å². The molecule has 2 aromatic carbocycles. The van der Waals surface area contributed by atoms with Crippen LogP contribution in [0.3, 0.4) is 0 Å². The molecule has 3 rings (SSSR count). The third-order valence-corrected chi connectivity index (χ3v) is 5.82. The van der Waals surface area contributed by atoms with Crippen LogP contribution in [0, 0.1) is 13.8 Å². The van der Waals surface area contributed by atoms with E-state index in [4.69, 9.17) is 0 Å². The van der Waals surface area contributed by atoms with Crippen LogP contribution in [0.25, 0.3) is 0 Å². The van der Waals surface area contributed by atoms with Crippen LogP contribution in [0.5, 0.6) is 0 Å². The lowest BCUT2D eigenvalue weighted by atomic mass is 9.97. The van der Waals surface area contributed by atoms with E-state index in [1.807, 2.05) is 55.1 Å². The molecule has 1 N–H and O–H groups in total. The third kappa shape index (κ3) is 5.67. The van der Waals surface area contributed by atoms with Crippen molar-refractivity contribution in [3.05, 3.63) is 65.2 Å². The summed E-state index contributed by atoms with van der Waals surface area (Å²) in [5, 5.41) is 3.02. The second-order valence-electron chi connectivity index (χ2n) is 7.97. The molecule has 0 saturated carbocycles. The van der Waals surface area contributed by atoms with Gasteiger partial charge in [-0.1, -0.05) is 49.4 Å². The molecule has 0 bridgehead atoms. The summed E-state index contributed by atoms with van der Waals surface area (Å²) in [6.45, 7) is 9.33. The lowest BCUT2D eigenvalue weighted by Crippen LogP contribution is -2.50. The zero-order valence-corrected chi connectivity index (χ0v) is 17.6. The van der Waals surface area contributed by atoms with Crippen molar-refractivity contribution in [1.29, 1.82) is 0 Å². The van der Waals surface area contributed by atoms with Crippen LogP contribution in [0.1, 0.15) is 36.0 Å². The molecule has 5 nitrogen and oxygen atoms in total. The van der Waals surface area contributed by atoms with Crippen LogP contribution >= 0.6 is 0 Å². The largest absolute Gasteiger partial charge is 0.340 e. The van der Waals surface area contributed by atoms with Gasteiger partial charge in [0.1, 0.15) is 0 Å². The molecule has 0 aliphatic carbocycles. The van der Waals surface area contributed by atoms with Gasteiger partial charge in [0.25, 0.3) is 0 Å². The Morgan fingerprint density at radius 3 is 2.34 bits per heavy atom. The van der Waals surface area contributed by atoms with E-state index in [-0.39, 0.29) is 17.7 Å². The second kappa shape index (κ2) is 9.70. The Kier molecular flexibility index (Phi) is 7.04. The maximum atomic E-state index is 12.6. The Balaban J connectivity index is 1.44. The van der Waals surface area contributed by atoms with E-state index in [2.05, 4.69) is 29.3 Å². The number of amides is 2. The summed E-state index contributed by atoms with van der Waals surface area (Å²) in [5.74, 6) is 0.405. The fraction of sp³-hybridized carbons (Fsp3) is 0.417. The summed E-state index contributed by atoms with van der Waals surface area (Å²) in [6.07, 6.45) is 0.525. The van der Waals surface area contributed by atoms with Crippen LogP contribution in [-0.4, -0.2) is 54.3 Å². The van der Waals surface area contributed by atoms with Crippen molar-refractivity contribution in [1.82, 2.24) is 9.80 Å². The van der Waals surface area contributed by atoms with E-state index in [0.717, 1.165) is 24.3 Å². The van der Waals surface area contributed by atoms with Crippen molar-refractivity contribution >= 4 is 17.5 Å². The first-order chi connectivity index (χ1) is 13.9. The van der Waals surface area contributed by atoms with Crippen molar-refractivity contribution in [2.24, 2.45) is 0 Å². The number of hydrogen-bond donors (Lipinski definition) is 1. The minimum Gasteiger partial charge on any atom is -0.340 e. The predicted molar refractivity (Wildman–Crippen MR) is 117 cm³/mol. The first-order valence-electron chi connectivity index (χ1n) is 10.3. The molecule has 0 radical (unpaired) electrons. The van der Waals surface area contributed by atoms with Gasteiger partial charge in [-0.25, -0.2) is 0 Å². The highest BCUT2D eigenvalue weighted by atomic mass is 16.2. The van der Waals surface area contributed by atoms with E-state index in [1.165, 1.54) is 11.1 Å². The van der Waals surface area contributed by atoms with E-state index in [9.17, 15) is 9.59 Å². The molecule has 2 aromatic rings. The van der Waals surface area contributed by atoms with Crippen LogP contribution in [0.15, 0.2) is 48.5 Å². The Morgan fingerprint density at radius 1 is 0.966 bits per heavy atom. The Morgan fingerprint density at radius 2 is 1.66 bits per heavy atom. The number of nitrogens with zero attached hydrogens (tertiary/aromatic N) is 2. The molecule has 1 atom stereocenters. The monoisotopic (exact) mass is 393 g/mol. The van der Waals surface area contributed by atoms with E-state index in [1.54, 1.807) is 0 Å². The number of anilines is 1. The number of aryl methyl sites for hydroxylation is 1. The smallest absolute Gasteiger partial charge is 0.238 e. The van der Waals surface area contributed by atoms with Gasteiger partial charge in [0, 0.05) is 38.3 Å². The van der Waals surface area contributed by atoms with Crippen LogP contribution in [0.4, 0.5) is 5.69 Å². The van der Waals surface area contributed by atoms with Gasteiger partial charge in [0.15, 0.2) is 0 Å². The molecular weight excluding hydrogens is 362 g/mol. The van der Waals surface area contributed by atoms with Gasteiger partial charge in [-0.05, 0) is 42.5 Å². The van der Waals surface area contributed by atoms with Crippen LogP contribution < -0.4 is 5.32 Å². The number of piperazine rings is 1. The van der Waals surface area contributed by atoms with E-state index >= 15 is 0 Å². The maximum Gasteiger partial charge on any atom is 0.238 e. The van der Waals surface area contributed by atoms with Crippen LogP contribution in [-0.2, 0) is 9.59 Å². The topological polar surface area (TPSA) is 52.7 Å². The third-order valence-electron chi connectivity index (χ3n) is 5.82. The van der Waals surface area contributed by atoms with Gasteiger partial charge in [-0.3, -0.25) is 14.5 Å². The molecule has 1 aliphatic rings.